The lowest BCUT2D eigenvalue weighted by atomic mass is 10.0. The van der Waals surface area contributed by atoms with Crippen molar-refractivity contribution in [2.45, 2.75) is 44.3 Å². The Kier molecular flexibility index (Phi) is 3.51. The van der Waals surface area contributed by atoms with Crippen LogP contribution in [0, 0.1) is 0 Å². The quantitative estimate of drug-likeness (QED) is 0.879. The van der Waals surface area contributed by atoms with Crippen LogP contribution in [0.2, 0.25) is 0 Å². The monoisotopic (exact) mass is 263 g/mol. The molecule has 1 unspecified atom stereocenters. The van der Waals surface area contributed by atoms with Gasteiger partial charge in [-0.05, 0) is 37.3 Å². The second-order valence-corrected chi connectivity index (χ2v) is 5.42. The van der Waals surface area contributed by atoms with E-state index in [2.05, 4.69) is 5.32 Å². The Hall–Kier alpha value is -1.42. The van der Waals surface area contributed by atoms with Gasteiger partial charge in [-0.25, -0.2) is 0 Å². The van der Waals surface area contributed by atoms with E-state index in [4.69, 9.17) is 9.47 Å². The Bertz CT molecular complexity index is 455. The largest absolute Gasteiger partial charge is 0.493 e. The number of rotatable bonds is 3. The Morgan fingerprint density at radius 3 is 2.74 bits per heavy atom. The fourth-order valence-electron chi connectivity index (χ4n) is 2.93. The summed E-state index contributed by atoms with van der Waals surface area (Å²) in [7, 11) is 1.66. The van der Waals surface area contributed by atoms with Crippen molar-refractivity contribution >= 4 is 5.69 Å². The van der Waals surface area contributed by atoms with Crippen LogP contribution in [-0.2, 0) is 6.42 Å². The molecular weight excluding hydrogens is 242 g/mol. The van der Waals surface area contributed by atoms with E-state index in [9.17, 15) is 5.11 Å². The number of β-amino-alcohol motifs (C(OH)–C–C–N with tert-alkyl or cyclic N) is 1. The van der Waals surface area contributed by atoms with Gasteiger partial charge >= 0.3 is 0 Å². The van der Waals surface area contributed by atoms with E-state index in [0.29, 0.717) is 19.1 Å². The van der Waals surface area contributed by atoms with Crippen LogP contribution in [0.25, 0.3) is 0 Å². The van der Waals surface area contributed by atoms with Gasteiger partial charge in [-0.1, -0.05) is 0 Å². The van der Waals surface area contributed by atoms with Crippen molar-refractivity contribution in [3.05, 3.63) is 17.7 Å². The standard InChI is InChI=1S/C15H21NO3/c1-18-14-7-10-6-11(17)9-16-13(10)8-15(14)19-12-4-2-3-5-12/h7-8,11-12,16-17H,2-6,9H2,1H3. The van der Waals surface area contributed by atoms with Gasteiger partial charge in [-0.3, -0.25) is 0 Å². The van der Waals surface area contributed by atoms with E-state index in [-0.39, 0.29) is 6.10 Å². The molecule has 1 atom stereocenters. The number of anilines is 1. The Labute approximate surface area is 113 Å². The third kappa shape index (κ3) is 2.63. The van der Waals surface area contributed by atoms with E-state index in [1.165, 1.54) is 12.8 Å². The fraction of sp³-hybridized carbons (Fsp3) is 0.600. The summed E-state index contributed by atoms with van der Waals surface area (Å²) in [5.74, 6) is 1.58. The molecule has 2 N–H and O–H groups in total. The molecule has 0 aromatic heterocycles. The number of methoxy groups -OCH3 is 1. The first-order valence-corrected chi connectivity index (χ1v) is 7.06. The zero-order valence-corrected chi connectivity index (χ0v) is 11.3. The van der Waals surface area contributed by atoms with Crippen molar-refractivity contribution in [1.82, 2.24) is 0 Å². The third-order valence-corrected chi connectivity index (χ3v) is 3.97. The molecule has 0 amide bonds. The maximum atomic E-state index is 9.68. The van der Waals surface area contributed by atoms with E-state index in [0.717, 1.165) is 35.6 Å². The zero-order chi connectivity index (χ0) is 13.2. The molecule has 0 radical (unpaired) electrons. The summed E-state index contributed by atoms with van der Waals surface area (Å²) in [6.07, 6.45) is 5.44. The maximum Gasteiger partial charge on any atom is 0.163 e. The Balaban J connectivity index is 1.86. The predicted octanol–water partition coefficient (Wildman–Crippen LogP) is 2.35. The van der Waals surface area contributed by atoms with Crippen molar-refractivity contribution < 1.29 is 14.6 Å². The Morgan fingerprint density at radius 2 is 2.00 bits per heavy atom. The molecule has 19 heavy (non-hydrogen) atoms. The number of hydrogen-bond acceptors (Lipinski definition) is 4. The molecule has 1 aromatic rings. The molecular formula is C15H21NO3. The summed E-state index contributed by atoms with van der Waals surface area (Å²) in [6, 6.07) is 3.99. The van der Waals surface area contributed by atoms with Crippen molar-refractivity contribution in [1.29, 1.82) is 0 Å². The van der Waals surface area contributed by atoms with Crippen LogP contribution < -0.4 is 14.8 Å². The molecule has 3 rings (SSSR count). The molecule has 1 aromatic carbocycles. The minimum Gasteiger partial charge on any atom is -0.493 e. The molecule has 1 fully saturated rings. The highest BCUT2D eigenvalue weighted by atomic mass is 16.5. The summed E-state index contributed by atoms with van der Waals surface area (Å²) < 4.78 is 11.5. The van der Waals surface area contributed by atoms with E-state index in [1.807, 2.05) is 12.1 Å². The van der Waals surface area contributed by atoms with Gasteiger partial charge in [0.25, 0.3) is 0 Å². The first-order valence-electron chi connectivity index (χ1n) is 7.06. The van der Waals surface area contributed by atoms with E-state index >= 15 is 0 Å². The Morgan fingerprint density at radius 1 is 1.21 bits per heavy atom. The molecule has 1 saturated carbocycles. The normalized spacial score (nSPS) is 22.7. The van der Waals surface area contributed by atoms with Gasteiger partial charge in [-0.15, -0.1) is 0 Å². The van der Waals surface area contributed by atoms with Crippen molar-refractivity contribution in [2.75, 3.05) is 19.0 Å². The molecule has 4 heteroatoms. The molecule has 1 aliphatic carbocycles. The van der Waals surface area contributed by atoms with Gasteiger partial charge in [-0.2, -0.15) is 0 Å². The highest BCUT2D eigenvalue weighted by Crippen LogP contribution is 2.37. The number of ether oxygens (including phenoxy) is 2. The molecule has 1 aliphatic heterocycles. The van der Waals surface area contributed by atoms with Crippen LogP contribution in [0.5, 0.6) is 11.5 Å². The second-order valence-electron chi connectivity index (χ2n) is 5.42. The van der Waals surface area contributed by atoms with Crippen LogP contribution in [0.15, 0.2) is 12.1 Å². The average Bonchev–Trinajstić information content (AvgIpc) is 2.91. The van der Waals surface area contributed by atoms with Gasteiger partial charge in [0.15, 0.2) is 11.5 Å². The number of hydrogen-bond donors (Lipinski definition) is 2. The minimum atomic E-state index is -0.321. The highest BCUT2D eigenvalue weighted by Gasteiger charge is 2.22. The number of aliphatic hydroxyl groups excluding tert-OH is 1. The number of nitrogens with one attached hydrogen (secondary N) is 1. The first kappa shape index (κ1) is 12.6. The average molecular weight is 263 g/mol. The topological polar surface area (TPSA) is 50.7 Å². The van der Waals surface area contributed by atoms with Crippen LogP contribution >= 0.6 is 0 Å². The zero-order valence-electron chi connectivity index (χ0n) is 11.3. The van der Waals surface area contributed by atoms with Crippen LogP contribution in [0.1, 0.15) is 31.2 Å². The van der Waals surface area contributed by atoms with Crippen LogP contribution in [0.3, 0.4) is 0 Å². The second kappa shape index (κ2) is 5.29. The van der Waals surface area contributed by atoms with Crippen LogP contribution in [-0.4, -0.2) is 31.0 Å². The number of fused-ring (bicyclic) bond motifs is 1. The molecule has 2 aliphatic rings. The van der Waals surface area contributed by atoms with Gasteiger partial charge in [0.1, 0.15) is 0 Å². The molecule has 0 bridgehead atoms. The van der Waals surface area contributed by atoms with E-state index < -0.39 is 0 Å². The fourth-order valence-corrected chi connectivity index (χ4v) is 2.93. The van der Waals surface area contributed by atoms with Gasteiger partial charge in [0.2, 0.25) is 0 Å². The molecule has 4 nitrogen and oxygen atoms in total. The first-order chi connectivity index (χ1) is 9.26. The van der Waals surface area contributed by atoms with Gasteiger partial charge < -0.3 is 19.9 Å². The molecule has 104 valence electrons. The summed E-state index contributed by atoms with van der Waals surface area (Å²) >= 11 is 0. The van der Waals surface area contributed by atoms with Gasteiger partial charge in [0, 0.05) is 24.7 Å². The van der Waals surface area contributed by atoms with Crippen molar-refractivity contribution in [3.63, 3.8) is 0 Å². The van der Waals surface area contributed by atoms with Crippen molar-refractivity contribution in [3.8, 4) is 11.5 Å². The summed E-state index contributed by atoms with van der Waals surface area (Å²) in [5.41, 5.74) is 2.15. The maximum absolute atomic E-state index is 9.68. The minimum absolute atomic E-state index is 0.320. The summed E-state index contributed by atoms with van der Waals surface area (Å²) in [6.45, 7) is 0.599. The lowest BCUT2D eigenvalue weighted by molar-refractivity contribution is 0.183. The number of benzene rings is 1. The van der Waals surface area contributed by atoms with Gasteiger partial charge in [0.05, 0.1) is 19.3 Å². The van der Waals surface area contributed by atoms with E-state index in [1.54, 1.807) is 7.11 Å². The third-order valence-electron chi connectivity index (χ3n) is 3.97. The summed E-state index contributed by atoms with van der Waals surface area (Å²) in [5, 5.41) is 12.9. The SMILES string of the molecule is COc1cc2c(cc1OC1CCCC1)NCC(O)C2. The summed E-state index contributed by atoms with van der Waals surface area (Å²) in [4.78, 5) is 0. The number of aliphatic hydroxyl groups is 1. The predicted molar refractivity (Wildman–Crippen MR) is 74.1 cm³/mol. The highest BCUT2D eigenvalue weighted by molar-refractivity contribution is 5.62. The van der Waals surface area contributed by atoms with Crippen LogP contribution in [0.4, 0.5) is 5.69 Å². The molecule has 1 heterocycles. The lowest BCUT2D eigenvalue weighted by Crippen LogP contribution is -2.27. The smallest absolute Gasteiger partial charge is 0.163 e. The molecule has 0 spiro atoms. The molecule has 0 saturated heterocycles. The lowest BCUT2D eigenvalue weighted by Gasteiger charge is -2.25. The van der Waals surface area contributed by atoms with Crippen molar-refractivity contribution in [2.24, 2.45) is 0 Å².